The molecule has 3 rings (SSSR count). The number of nitrogens with one attached hydrogen (secondary N) is 3. The number of ether oxygens (including phenoxy) is 1. The van der Waals surface area contributed by atoms with Crippen molar-refractivity contribution in [1.82, 2.24) is 15.3 Å². The number of pyridine rings is 1. The number of H-pyrrole nitrogens is 1. The molecule has 0 fully saturated rings. The fraction of sp³-hybridized carbons (Fsp3) is 0.263. The van der Waals surface area contributed by atoms with Gasteiger partial charge in [-0.25, -0.2) is 4.98 Å². The molecule has 0 spiro atoms. The third-order valence-electron chi connectivity index (χ3n) is 3.99. The van der Waals surface area contributed by atoms with Gasteiger partial charge in [-0.2, -0.15) is 0 Å². The van der Waals surface area contributed by atoms with Crippen molar-refractivity contribution in [2.24, 2.45) is 0 Å². The average Bonchev–Trinajstić information content (AvgIpc) is 3.06. The van der Waals surface area contributed by atoms with Gasteiger partial charge >= 0.3 is 0 Å². The van der Waals surface area contributed by atoms with E-state index in [9.17, 15) is 4.79 Å². The molecule has 3 aromatic rings. The molecule has 6 heteroatoms. The van der Waals surface area contributed by atoms with Crippen LogP contribution in [0.2, 0.25) is 0 Å². The van der Waals surface area contributed by atoms with Gasteiger partial charge in [0.05, 0.1) is 18.5 Å². The highest BCUT2D eigenvalue weighted by Crippen LogP contribution is 2.17. The lowest BCUT2D eigenvalue weighted by Crippen LogP contribution is -2.26. The maximum absolute atomic E-state index is 12.2. The van der Waals surface area contributed by atoms with Crippen molar-refractivity contribution in [3.8, 4) is 0 Å². The number of aromatic nitrogens is 2. The Hall–Kier alpha value is -2.86. The first kappa shape index (κ1) is 17.0. The van der Waals surface area contributed by atoms with E-state index in [1.807, 2.05) is 30.5 Å². The number of aromatic amines is 1. The number of fused-ring (bicyclic) bond motifs is 1. The molecule has 3 N–H and O–H groups in total. The lowest BCUT2D eigenvalue weighted by atomic mass is 10.1. The summed E-state index contributed by atoms with van der Waals surface area (Å²) >= 11 is 0. The van der Waals surface area contributed by atoms with Crippen LogP contribution in [0.5, 0.6) is 0 Å². The SMILES string of the molecule is COCCNc1ccc(C(=O)NCCc2c[nH]c3ccccc23)nc1. The minimum Gasteiger partial charge on any atom is -0.383 e. The minimum atomic E-state index is -0.164. The lowest BCUT2D eigenvalue weighted by molar-refractivity contribution is 0.0949. The van der Waals surface area contributed by atoms with Gasteiger partial charge in [-0.3, -0.25) is 4.79 Å². The maximum Gasteiger partial charge on any atom is 0.269 e. The Balaban J connectivity index is 1.50. The zero-order valence-electron chi connectivity index (χ0n) is 14.2. The van der Waals surface area contributed by atoms with Crippen LogP contribution in [0.3, 0.4) is 0 Å². The molecule has 0 aliphatic carbocycles. The van der Waals surface area contributed by atoms with E-state index in [2.05, 4.69) is 26.7 Å². The number of carbonyl (C=O) groups excluding carboxylic acids is 1. The number of anilines is 1. The summed E-state index contributed by atoms with van der Waals surface area (Å²) in [5, 5.41) is 7.28. The Morgan fingerprint density at radius 2 is 2.08 bits per heavy atom. The number of methoxy groups -OCH3 is 1. The third kappa shape index (κ3) is 4.36. The Labute approximate surface area is 146 Å². The van der Waals surface area contributed by atoms with Crippen LogP contribution in [0.15, 0.2) is 48.8 Å². The van der Waals surface area contributed by atoms with Crippen LogP contribution in [0.1, 0.15) is 16.1 Å². The van der Waals surface area contributed by atoms with Crippen LogP contribution in [0.4, 0.5) is 5.69 Å². The first-order chi connectivity index (χ1) is 12.3. The summed E-state index contributed by atoms with van der Waals surface area (Å²) in [6.07, 6.45) is 4.42. The van der Waals surface area contributed by atoms with Crippen molar-refractivity contribution in [3.63, 3.8) is 0 Å². The second-order valence-electron chi connectivity index (χ2n) is 5.72. The van der Waals surface area contributed by atoms with E-state index < -0.39 is 0 Å². The highest BCUT2D eigenvalue weighted by atomic mass is 16.5. The molecule has 0 bridgehead atoms. The number of hydrogen-bond acceptors (Lipinski definition) is 4. The number of amides is 1. The molecule has 2 heterocycles. The Morgan fingerprint density at radius 1 is 1.20 bits per heavy atom. The molecular weight excluding hydrogens is 316 g/mol. The van der Waals surface area contributed by atoms with Crippen LogP contribution < -0.4 is 10.6 Å². The highest BCUT2D eigenvalue weighted by molar-refractivity contribution is 5.92. The number of hydrogen-bond donors (Lipinski definition) is 3. The van der Waals surface area contributed by atoms with E-state index in [-0.39, 0.29) is 5.91 Å². The minimum absolute atomic E-state index is 0.164. The average molecular weight is 338 g/mol. The van der Waals surface area contributed by atoms with Crippen LogP contribution in [-0.2, 0) is 11.2 Å². The second kappa shape index (κ2) is 8.30. The number of para-hydroxylation sites is 1. The zero-order valence-corrected chi connectivity index (χ0v) is 14.2. The van der Waals surface area contributed by atoms with Crippen molar-refractivity contribution in [1.29, 1.82) is 0 Å². The van der Waals surface area contributed by atoms with Crippen molar-refractivity contribution in [2.45, 2.75) is 6.42 Å². The topological polar surface area (TPSA) is 79.0 Å². The van der Waals surface area contributed by atoms with Gasteiger partial charge < -0.3 is 20.4 Å². The van der Waals surface area contributed by atoms with Crippen molar-refractivity contribution in [3.05, 3.63) is 60.0 Å². The standard InChI is InChI=1S/C19H22N4O2/c1-25-11-10-20-15-6-7-18(23-13-15)19(24)21-9-8-14-12-22-17-5-3-2-4-16(14)17/h2-7,12-13,20,22H,8-11H2,1H3,(H,21,24). The van der Waals surface area contributed by atoms with Gasteiger partial charge in [-0.1, -0.05) is 18.2 Å². The van der Waals surface area contributed by atoms with Crippen LogP contribution >= 0.6 is 0 Å². The maximum atomic E-state index is 12.2. The van der Waals surface area contributed by atoms with Crippen molar-refractivity contribution < 1.29 is 9.53 Å². The van der Waals surface area contributed by atoms with Gasteiger partial charge in [0.25, 0.3) is 5.91 Å². The predicted octanol–water partition coefficient (Wildman–Crippen LogP) is 2.59. The molecule has 0 aliphatic heterocycles. The van der Waals surface area contributed by atoms with Crippen LogP contribution in [0.25, 0.3) is 10.9 Å². The van der Waals surface area contributed by atoms with Crippen molar-refractivity contribution in [2.75, 3.05) is 32.1 Å². The molecule has 1 aromatic carbocycles. The summed E-state index contributed by atoms with van der Waals surface area (Å²) in [5.74, 6) is -0.164. The Kier molecular flexibility index (Phi) is 5.64. The summed E-state index contributed by atoms with van der Waals surface area (Å²) in [6, 6.07) is 11.7. The smallest absolute Gasteiger partial charge is 0.269 e. The van der Waals surface area contributed by atoms with Gasteiger partial charge in [0.15, 0.2) is 0 Å². The summed E-state index contributed by atoms with van der Waals surface area (Å²) in [7, 11) is 1.66. The lowest BCUT2D eigenvalue weighted by Gasteiger charge is -2.07. The predicted molar refractivity (Wildman–Crippen MR) is 98.9 cm³/mol. The molecular formula is C19H22N4O2. The summed E-state index contributed by atoms with van der Waals surface area (Å²) in [6.45, 7) is 1.89. The van der Waals surface area contributed by atoms with Gasteiger partial charge in [0.2, 0.25) is 0 Å². The summed E-state index contributed by atoms with van der Waals surface area (Å²) in [4.78, 5) is 19.6. The van der Waals surface area contributed by atoms with Crippen LogP contribution in [-0.4, -0.2) is 42.7 Å². The van der Waals surface area contributed by atoms with Crippen LogP contribution in [0, 0.1) is 0 Å². The van der Waals surface area contributed by atoms with E-state index in [4.69, 9.17) is 4.74 Å². The van der Waals surface area contributed by atoms with E-state index in [0.29, 0.717) is 25.4 Å². The first-order valence-electron chi connectivity index (χ1n) is 8.30. The molecule has 0 aliphatic rings. The number of nitrogens with zero attached hydrogens (tertiary/aromatic N) is 1. The molecule has 0 atom stereocenters. The molecule has 1 amide bonds. The monoisotopic (exact) mass is 338 g/mol. The van der Waals surface area contributed by atoms with Crippen molar-refractivity contribution >= 4 is 22.5 Å². The molecule has 0 saturated heterocycles. The normalized spacial score (nSPS) is 10.8. The van der Waals surface area contributed by atoms with Gasteiger partial charge in [-0.05, 0) is 30.2 Å². The molecule has 2 aromatic heterocycles. The fourth-order valence-corrected chi connectivity index (χ4v) is 2.67. The van der Waals surface area contributed by atoms with Gasteiger partial charge in [0.1, 0.15) is 5.69 Å². The molecule has 6 nitrogen and oxygen atoms in total. The van der Waals surface area contributed by atoms with E-state index in [0.717, 1.165) is 17.6 Å². The Morgan fingerprint density at radius 3 is 2.88 bits per heavy atom. The largest absolute Gasteiger partial charge is 0.383 e. The van der Waals surface area contributed by atoms with E-state index in [1.165, 1.54) is 10.9 Å². The summed E-state index contributed by atoms with van der Waals surface area (Å²) < 4.78 is 4.98. The third-order valence-corrected chi connectivity index (χ3v) is 3.99. The number of carbonyl (C=O) groups is 1. The van der Waals surface area contributed by atoms with E-state index in [1.54, 1.807) is 19.4 Å². The number of benzene rings is 1. The molecule has 130 valence electrons. The molecule has 0 unspecified atom stereocenters. The van der Waals surface area contributed by atoms with Gasteiger partial charge in [-0.15, -0.1) is 0 Å². The molecule has 0 radical (unpaired) electrons. The molecule has 25 heavy (non-hydrogen) atoms. The first-order valence-corrected chi connectivity index (χ1v) is 8.30. The number of rotatable bonds is 8. The van der Waals surface area contributed by atoms with E-state index >= 15 is 0 Å². The summed E-state index contributed by atoms with van der Waals surface area (Å²) in [5.41, 5.74) is 3.59. The Bertz CT molecular complexity index is 827. The fourth-order valence-electron chi connectivity index (χ4n) is 2.67. The zero-order chi connectivity index (χ0) is 17.5. The second-order valence-corrected chi connectivity index (χ2v) is 5.72. The molecule has 0 saturated carbocycles. The van der Waals surface area contributed by atoms with Gasteiger partial charge in [0, 0.05) is 37.3 Å². The quantitative estimate of drug-likeness (QED) is 0.552. The highest BCUT2D eigenvalue weighted by Gasteiger charge is 2.08.